The Bertz CT molecular complexity index is 1280. The number of rotatable bonds is 9. The van der Waals surface area contributed by atoms with E-state index in [2.05, 4.69) is 38.2 Å². The van der Waals surface area contributed by atoms with Gasteiger partial charge in [-0.25, -0.2) is 0 Å². The first kappa shape index (κ1) is 31.5. The third-order valence-electron chi connectivity index (χ3n) is 8.43. The standard InChI is InChI=1S/C35H47N3O4/c1-33(2,3)28-18-21-35(22-19-28)37-29(17-14-25-10-8-7-9-11-25)32(41)38(35)24-26-12-15-27(16-13-26)31(40)36-23-20-30(39)42-34(4,5)6/h7-13,15-16,28H,14,17-24H2,1-6H3,(H,36,40). The number of nitrogens with one attached hydrogen (secondary N) is 1. The zero-order valence-corrected chi connectivity index (χ0v) is 26.2. The number of aliphatic imine (C=N–C) groups is 1. The van der Waals surface area contributed by atoms with E-state index in [1.807, 2.05) is 56.0 Å². The molecule has 1 heterocycles. The van der Waals surface area contributed by atoms with Crippen LogP contribution >= 0.6 is 0 Å². The first-order valence-corrected chi connectivity index (χ1v) is 15.3. The highest BCUT2D eigenvalue weighted by Gasteiger charge is 2.49. The van der Waals surface area contributed by atoms with Gasteiger partial charge in [-0.15, -0.1) is 0 Å². The minimum absolute atomic E-state index is 0.0316. The molecule has 7 heteroatoms. The third kappa shape index (κ3) is 8.08. The van der Waals surface area contributed by atoms with Gasteiger partial charge in [-0.1, -0.05) is 63.2 Å². The maximum Gasteiger partial charge on any atom is 0.308 e. The number of carbonyl (C=O) groups excluding carboxylic acids is 3. The zero-order valence-electron chi connectivity index (χ0n) is 26.2. The maximum atomic E-state index is 13.8. The number of hydrogen-bond acceptors (Lipinski definition) is 5. The highest BCUT2D eigenvalue weighted by atomic mass is 16.6. The van der Waals surface area contributed by atoms with E-state index in [0.717, 1.165) is 37.7 Å². The highest BCUT2D eigenvalue weighted by Crippen LogP contribution is 2.46. The van der Waals surface area contributed by atoms with E-state index in [1.165, 1.54) is 5.56 Å². The van der Waals surface area contributed by atoms with Gasteiger partial charge in [0.1, 0.15) is 17.0 Å². The molecule has 42 heavy (non-hydrogen) atoms. The second-order valence-electron chi connectivity index (χ2n) is 13.8. The van der Waals surface area contributed by atoms with Crippen molar-refractivity contribution in [2.24, 2.45) is 16.3 Å². The minimum atomic E-state index is -0.550. The summed E-state index contributed by atoms with van der Waals surface area (Å²) in [7, 11) is 0. The molecule has 0 radical (unpaired) electrons. The molecule has 4 rings (SSSR count). The Morgan fingerprint density at radius 3 is 2.17 bits per heavy atom. The molecule has 0 saturated heterocycles. The number of benzene rings is 2. The van der Waals surface area contributed by atoms with Gasteiger partial charge in [-0.05, 0) is 93.9 Å². The molecular formula is C35H47N3O4. The number of amides is 2. The summed E-state index contributed by atoms with van der Waals surface area (Å²) in [5, 5.41) is 2.79. The van der Waals surface area contributed by atoms with E-state index in [-0.39, 0.29) is 36.2 Å². The molecule has 7 nitrogen and oxygen atoms in total. The lowest BCUT2D eigenvalue weighted by molar-refractivity contribution is -0.154. The zero-order chi connectivity index (χ0) is 30.5. The Hall–Kier alpha value is -3.48. The van der Waals surface area contributed by atoms with Crippen molar-refractivity contribution >= 4 is 23.5 Å². The van der Waals surface area contributed by atoms with Crippen molar-refractivity contribution in [3.05, 3.63) is 71.3 Å². The van der Waals surface area contributed by atoms with Crippen LogP contribution in [-0.2, 0) is 27.3 Å². The normalized spacial score (nSPS) is 20.9. The fourth-order valence-corrected chi connectivity index (χ4v) is 6.04. The van der Waals surface area contributed by atoms with Crippen LogP contribution in [0.2, 0.25) is 0 Å². The molecule has 1 N–H and O–H groups in total. The fourth-order valence-electron chi connectivity index (χ4n) is 6.04. The smallest absolute Gasteiger partial charge is 0.308 e. The van der Waals surface area contributed by atoms with Crippen LogP contribution in [0.25, 0.3) is 0 Å². The Morgan fingerprint density at radius 1 is 0.929 bits per heavy atom. The Kier molecular flexibility index (Phi) is 9.59. The van der Waals surface area contributed by atoms with Crippen LogP contribution in [0.4, 0.5) is 0 Å². The first-order valence-electron chi connectivity index (χ1n) is 15.3. The molecule has 1 fully saturated rings. The molecular weight excluding hydrogens is 526 g/mol. The van der Waals surface area contributed by atoms with Crippen molar-refractivity contribution in [1.29, 1.82) is 0 Å². The molecule has 2 amide bonds. The Balaban J connectivity index is 1.42. The summed E-state index contributed by atoms with van der Waals surface area (Å²) in [4.78, 5) is 45.6. The fraction of sp³-hybridized carbons (Fsp3) is 0.543. The molecule has 1 aliphatic heterocycles. The predicted molar refractivity (Wildman–Crippen MR) is 166 cm³/mol. The lowest BCUT2D eigenvalue weighted by Gasteiger charge is -2.45. The SMILES string of the molecule is CC(C)(C)OC(=O)CCNC(=O)c1ccc(CN2C(=O)C(CCc3ccccc3)=NC23CCC(C(C)(C)C)CC3)cc1. The average molecular weight is 574 g/mol. The largest absolute Gasteiger partial charge is 0.460 e. The number of aryl methyl sites for hydroxylation is 1. The van der Waals surface area contributed by atoms with Crippen molar-refractivity contribution in [2.75, 3.05) is 6.54 Å². The van der Waals surface area contributed by atoms with Crippen LogP contribution < -0.4 is 5.32 Å². The van der Waals surface area contributed by atoms with Crippen LogP contribution in [-0.4, -0.2) is 46.2 Å². The summed E-state index contributed by atoms with van der Waals surface area (Å²) in [6, 6.07) is 17.6. The monoisotopic (exact) mass is 573 g/mol. The molecule has 1 saturated carbocycles. The van der Waals surface area contributed by atoms with Gasteiger partial charge >= 0.3 is 5.97 Å². The second-order valence-corrected chi connectivity index (χ2v) is 13.8. The summed E-state index contributed by atoms with van der Waals surface area (Å²) < 4.78 is 5.30. The van der Waals surface area contributed by atoms with Gasteiger partial charge in [0, 0.05) is 18.7 Å². The molecule has 2 aliphatic rings. The number of carbonyl (C=O) groups is 3. The molecule has 2 aromatic carbocycles. The average Bonchev–Trinajstić information content (AvgIpc) is 3.17. The quantitative estimate of drug-likeness (QED) is 0.347. The predicted octanol–water partition coefficient (Wildman–Crippen LogP) is 6.50. The molecule has 1 spiro atoms. The number of nitrogens with zero attached hydrogens (tertiary/aromatic N) is 2. The lowest BCUT2D eigenvalue weighted by Crippen LogP contribution is -2.49. The summed E-state index contributed by atoms with van der Waals surface area (Å²) in [5.74, 6) is 0.0518. The van der Waals surface area contributed by atoms with Gasteiger partial charge in [0.15, 0.2) is 0 Å². The molecule has 2 aromatic rings. The molecule has 226 valence electrons. The number of esters is 1. The number of ether oxygens (including phenoxy) is 1. The van der Waals surface area contributed by atoms with Crippen molar-refractivity contribution in [2.45, 2.75) is 104 Å². The van der Waals surface area contributed by atoms with Gasteiger partial charge < -0.3 is 15.0 Å². The Morgan fingerprint density at radius 2 is 1.57 bits per heavy atom. The van der Waals surface area contributed by atoms with Gasteiger partial charge in [-0.2, -0.15) is 0 Å². The van der Waals surface area contributed by atoms with Crippen LogP contribution in [0.3, 0.4) is 0 Å². The molecule has 0 bridgehead atoms. The first-order chi connectivity index (χ1) is 19.8. The summed E-state index contributed by atoms with van der Waals surface area (Å²) in [5.41, 5.74) is 2.54. The van der Waals surface area contributed by atoms with Crippen LogP contribution in [0.1, 0.15) is 102 Å². The maximum absolute atomic E-state index is 13.8. The van der Waals surface area contributed by atoms with Gasteiger partial charge in [0.25, 0.3) is 11.8 Å². The summed E-state index contributed by atoms with van der Waals surface area (Å²) >= 11 is 0. The summed E-state index contributed by atoms with van der Waals surface area (Å²) in [6.45, 7) is 13.0. The molecule has 0 unspecified atom stereocenters. The van der Waals surface area contributed by atoms with Gasteiger partial charge in [-0.3, -0.25) is 19.4 Å². The summed E-state index contributed by atoms with van der Waals surface area (Å²) in [6.07, 6.45) is 5.37. The van der Waals surface area contributed by atoms with E-state index >= 15 is 0 Å². The molecule has 0 aromatic heterocycles. The second kappa shape index (κ2) is 12.8. The lowest BCUT2D eigenvalue weighted by atomic mass is 9.69. The third-order valence-corrected chi connectivity index (χ3v) is 8.43. The highest BCUT2D eigenvalue weighted by molar-refractivity contribution is 6.40. The number of hydrogen-bond donors (Lipinski definition) is 1. The van der Waals surface area contributed by atoms with E-state index in [0.29, 0.717) is 30.2 Å². The van der Waals surface area contributed by atoms with Crippen LogP contribution in [0, 0.1) is 11.3 Å². The van der Waals surface area contributed by atoms with Crippen molar-refractivity contribution < 1.29 is 19.1 Å². The van der Waals surface area contributed by atoms with E-state index < -0.39 is 11.3 Å². The Labute approximate surface area is 251 Å². The van der Waals surface area contributed by atoms with E-state index in [9.17, 15) is 14.4 Å². The van der Waals surface area contributed by atoms with E-state index in [1.54, 1.807) is 12.1 Å². The van der Waals surface area contributed by atoms with Gasteiger partial charge in [0.2, 0.25) is 0 Å². The van der Waals surface area contributed by atoms with Crippen LogP contribution in [0.5, 0.6) is 0 Å². The van der Waals surface area contributed by atoms with Crippen molar-refractivity contribution in [3.63, 3.8) is 0 Å². The van der Waals surface area contributed by atoms with Gasteiger partial charge in [0.05, 0.1) is 6.42 Å². The minimum Gasteiger partial charge on any atom is -0.460 e. The topological polar surface area (TPSA) is 88.1 Å². The van der Waals surface area contributed by atoms with Crippen LogP contribution in [0.15, 0.2) is 59.6 Å². The van der Waals surface area contributed by atoms with Crippen molar-refractivity contribution in [1.82, 2.24) is 10.2 Å². The molecule has 1 aliphatic carbocycles. The molecule has 0 atom stereocenters. The van der Waals surface area contributed by atoms with E-state index in [4.69, 9.17) is 9.73 Å². The van der Waals surface area contributed by atoms with Crippen molar-refractivity contribution in [3.8, 4) is 0 Å².